The fraction of sp³-hybridized carbons (Fsp3) is 0.100. The molecule has 2 rings (SSSR count). The first-order valence-corrected chi connectivity index (χ1v) is 4.48. The molecule has 0 N–H and O–H groups in total. The molecule has 0 bridgehead atoms. The Balaban J connectivity index is 2.05. The summed E-state index contributed by atoms with van der Waals surface area (Å²) in [7, 11) is 0. The molecule has 1 aromatic heterocycles. The van der Waals surface area contributed by atoms with Gasteiger partial charge < -0.3 is 4.74 Å². The highest BCUT2D eigenvalue weighted by atomic mass is 19.1. The number of rotatable bonds is 3. The second-order valence-electron chi connectivity index (χ2n) is 2.93. The van der Waals surface area contributed by atoms with Crippen molar-refractivity contribution in [3.63, 3.8) is 0 Å². The van der Waals surface area contributed by atoms with Crippen molar-refractivity contribution in [3.05, 3.63) is 48.1 Å². The van der Waals surface area contributed by atoms with E-state index in [0.717, 1.165) is 5.56 Å². The highest BCUT2D eigenvalue weighted by molar-refractivity contribution is 5.14. The molecule has 4 nitrogen and oxygen atoms in total. The van der Waals surface area contributed by atoms with Crippen LogP contribution in [0.3, 0.4) is 0 Å². The molecule has 0 radical (unpaired) electrons. The van der Waals surface area contributed by atoms with Crippen molar-refractivity contribution in [2.24, 2.45) is 0 Å². The summed E-state index contributed by atoms with van der Waals surface area (Å²) in [6, 6.07) is 8.77. The van der Waals surface area contributed by atoms with Crippen LogP contribution in [-0.4, -0.2) is 15.0 Å². The van der Waals surface area contributed by atoms with Crippen LogP contribution in [0.5, 0.6) is 6.01 Å². The van der Waals surface area contributed by atoms with Gasteiger partial charge in [0.15, 0.2) is 0 Å². The maximum Gasteiger partial charge on any atom is 0.324 e. The first-order valence-electron chi connectivity index (χ1n) is 4.48. The lowest BCUT2D eigenvalue weighted by molar-refractivity contribution is 0.263. The van der Waals surface area contributed by atoms with Gasteiger partial charge in [0.2, 0.25) is 0 Å². The highest BCUT2D eigenvalue weighted by Crippen LogP contribution is 2.06. The molecule has 0 unspecified atom stereocenters. The van der Waals surface area contributed by atoms with Gasteiger partial charge in [0, 0.05) is 0 Å². The lowest BCUT2D eigenvalue weighted by atomic mass is 10.2. The predicted molar refractivity (Wildman–Crippen MR) is 50.5 cm³/mol. The van der Waals surface area contributed by atoms with Crippen molar-refractivity contribution in [1.82, 2.24) is 15.0 Å². The minimum atomic E-state index is -1.20. The number of nitrogens with zero attached hydrogens (tertiary/aromatic N) is 3. The van der Waals surface area contributed by atoms with Crippen LogP contribution >= 0.6 is 0 Å². The maximum atomic E-state index is 12.6. The van der Waals surface area contributed by atoms with E-state index in [-0.39, 0.29) is 12.6 Å². The number of halogens is 2. The lowest BCUT2D eigenvalue weighted by Crippen LogP contribution is -2.04. The second kappa shape index (κ2) is 4.61. The second-order valence-corrected chi connectivity index (χ2v) is 2.93. The monoisotopic (exact) mass is 223 g/mol. The van der Waals surface area contributed by atoms with Gasteiger partial charge in [-0.15, -0.1) is 9.97 Å². The van der Waals surface area contributed by atoms with Crippen LogP contribution in [0.1, 0.15) is 5.56 Å². The average molecular weight is 223 g/mol. The summed E-state index contributed by atoms with van der Waals surface area (Å²) in [6.45, 7) is 0.143. The third-order valence-corrected chi connectivity index (χ3v) is 1.77. The molecular weight excluding hydrogens is 216 g/mol. The molecule has 0 atom stereocenters. The van der Waals surface area contributed by atoms with E-state index < -0.39 is 12.2 Å². The fourth-order valence-electron chi connectivity index (χ4n) is 1.10. The Bertz CT molecular complexity index is 458. The first kappa shape index (κ1) is 10.4. The van der Waals surface area contributed by atoms with Crippen molar-refractivity contribution >= 4 is 0 Å². The number of hydrogen-bond acceptors (Lipinski definition) is 4. The van der Waals surface area contributed by atoms with Crippen molar-refractivity contribution in [3.8, 4) is 6.01 Å². The van der Waals surface area contributed by atoms with Crippen molar-refractivity contribution in [1.29, 1.82) is 0 Å². The van der Waals surface area contributed by atoms with Gasteiger partial charge in [-0.3, -0.25) is 0 Å². The average Bonchev–Trinajstić information content (AvgIpc) is 2.27. The molecule has 0 fully saturated rings. The van der Waals surface area contributed by atoms with Gasteiger partial charge in [-0.2, -0.15) is 13.8 Å². The topological polar surface area (TPSA) is 47.9 Å². The third kappa shape index (κ3) is 2.69. The Morgan fingerprint density at radius 3 is 2.19 bits per heavy atom. The quantitative estimate of drug-likeness (QED) is 0.795. The zero-order chi connectivity index (χ0) is 11.4. The summed E-state index contributed by atoms with van der Waals surface area (Å²) in [5.41, 5.74) is 0.851. The van der Waals surface area contributed by atoms with Crippen LogP contribution in [0.15, 0.2) is 30.3 Å². The van der Waals surface area contributed by atoms with Gasteiger partial charge in [0.05, 0.1) is 0 Å². The van der Waals surface area contributed by atoms with Crippen LogP contribution in [0.25, 0.3) is 0 Å². The molecule has 0 aliphatic heterocycles. The molecule has 0 spiro atoms. The van der Waals surface area contributed by atoms with E-state index >= 15 is 0 Å². The molecule has 0 aliphatic carbocycles. The molecule has 0 aliphatic rings. The highest BCUT2D eigenvalue weighted by Gasteiger charge is 2.06. The molecule has 0 saturated heterocycles. The van der Waals surface area contributed by atoms with Crippen molar-refractivity contribution in [2.75, 3.05) is 0 Å². The molecule has 6 heteroatoms. The van der Waals surface area contributed by atoms with Gasteiger partial charge in [-0.05, 0) is 5.56 Å². The number of hydrogen-bond donors (Lipinski definition) is 0. The summed E-state index contributed by atoms with van der Waals surface area (Å²) >= 11 is 0. The van der Waals surface area contributed by atoms with Crippen LogP contribution in [0.4, 0.5) is 8.78 Å². The van der Waals surface area contributed by atoms with Crippen molar-refractivity contribution in [2.45, 2.75) is 6.61 Å². The van der Waals surface area contributed by atoms with E-state index in [1.807, 2.05) is 30.3 Å². The van der Waals surface area contributed by atoms with Crippen molar-refractivity contribution < 1.29 is 13.5 Å². The molecule has 2 aromatic rings. The van der Waals surface area contributed by atoms with E-state index in [9.17, 15) is 8.78 Å². The molecule has 1 heterocycles. The van der Waals surface area contributed by atoms with Gasteiger partial charge in [0.1, 0.15) is 6.61 Å². The summed E-state index contributed by atoms with van der Waals surface area (Å²) in [5, 5.41) is 0. The zero-order valence-electron chi connectivity index (χ0n) is 8.10. The Morgan fingerprint density at radius 1 is 0.938 bits per heavy atom. The van der Waals surface area contributed by atoms with Gasteiger partial charge in [-0.25, -0.2) is 0 Å². The van der Waals surface area contributed by atoms with Crippen LogP contribution in [0, 0.1) is 12.2 Å². The van der Waals surface area contributed by atoms with Crippen LogP contribution in [-0.2, 0) is 6.61 Å². The van der Waals surface area contributed by atoms with Gasteiger partial charge >= 0.3 is 18.2 Å². The van der Waals surface area contributed by atoms with E-state index in [1.165, 1.54) is 0 Å². The Hall–Kier alpha value is -2.11. The molecular formula is C10H7F2N3O. The number of benzene rings is 1. The Labute approximate surface area is 90.0 Å². The first-order chi connectivity index (χ1) is 7.74. The third-order valence-electron chi connectivity index (χ3n) is 1.77. The predicted octanol–water partition coefficient (Wildman–Crippen LogP) is 1.73. The minimum absolute atomic E-state index is 0.143. The lowest BCUT2D eigenvalue weighted by Gasteiger charge is -2.03. The number of aromatic nitrogens is 3. The molecule has 0 amide bonds. The molecule has 0 saturated carbocycles. The zero-order valence-corrected chi connectivity index (χ0v) is 8.10. The number of ether oxygens (including phenoxy) is 1. The Kier molecular flexibility index (Phi) is 3.00. The standard InChI is InChI=1S/C10H7F2N3O/c11-8-13-9(12)15-10(14-8)16-6-7-4-2-1-3-5-7/h1-5H,6H2. The smallest absolute Gasteiger partial charge is 0.324 e. The molecule has 82 valence electrons. The van der Waals surface area contributed by atoms with Gasteiger partial charge in [0.25, 0.3) is 0 Å². The summed E-state index contributed by atoms with van der Waals surface area (Å²) in [5.74, 6) is 0. The normalized spacial score (nSPS) is 10.1. The maximum absolute atomic E-state index is 12.6. The summed E-state index contributed by atoms with van der Waals surface area (Å²) in [4.78, 5) is 9.15. The molecule has 16 heavy (non-hydrogen) atoms. The van der Waals surface area contributed by atoms with E-state index in [4.69, 9.17) is 4.74 Å². The van der Waals surface area contributed by atoms with E-state index in [1.54, 1.807) is 0 Å². The Morgan fingerprint density at radius 2 is 1.56 bits per heavy atom. The summed E-state index contributed by atoms with van der Waals surface area (Å²) in [6.07, 6.45) is -2.40. The molecule has 1 aromatic carbocycles. The minimum Gasteiger partial charge on any atom is -0.458 e. The summed E-state index contributed by atoms with van der Waals surface area (Å²) < 4.78 is 30.2. The van der Waals surface area contributed by atoms with Gasteiger partial charge in [-0.1, -0.05) is 30.3 Å². The SMILES string of the molecule is Fc1nc(F)nc(OCc2ccccc2)n1. The van der Waals surface area contributed by atoms with E-state index in [2.05, 4.69) is 15.0 Å². The largest absolute Gasteiger partial charge is 0.458 e. The van der Waals surface area contributed by atoms with Crippen LogP contribution < -0.4 is 4.74 Å². The van der Waals surface area contributed by atoms with E-state index in [0.29, 0.717) is 0 Å². The fourth-order valence-corrected chi connectivity index (χ4v) is 1.10. The van der Waals surface area contributed by atoms with Crippen LogP contribution in [0.2, 0.25) is 0 Å².